The van der Waals surface area contributed by atoms with E-state index in [2.05, 4.69) is 114 Å². The van der Waals surface area contributed by atoms with Crippen molar-refractivity contribution in [2.75, 3.05) is 13.1 Å². The zero-order chi connectivity index (χ0) is 37.9. The van der Waals surface area contributed by atoms with Gasteiger partial charge in [0.2, 0.25) is 0 Å². The minimum absolute atomic E-state index is 0. The second-order valence-corrected chi connectivity index (χ2v) is 17.1. The van der Waals surface area contributed by atoms with Crippen LogP contribution in [0.25, 0.3) is 17.7 Å². The zero-order valence-corrected chi connectivity index (χ0v) is 34.6. The average molecular weight is 705 g/mol. The molecule has 0 radical (unpaired) electrons. The van der Waals surface area contributed by atoms with E-state index in [0.717, 1.165) is 67.1 Å². The molecule has 1 N–H and O–H groups in total. The number of aromatic nitrogens is 1. The summed E-state index contributed by atoms with van der Waals surface area (Å²) < 4.78 is 0. The summed E-state index contributed by atoms with van der Waals surface area (Å²) in [7, 11) is 0. The van der Waals surface area contributed by atoms with Gasteiger partial charge in [0.15, 0.2) is 5.78 Å². The standard InChI is InChI=1S/C28H28N2O.C15H26.C4H10.C2H6.H2/c1-3-5-23-19(2)16-22(18-26-24(23)6-4-13-30-26)20-7-9-25-21(17-20)8-10-27(31)28(25)11-14-29-15-12-28;1-4-12-10-14(11-12)13-6-5-8-15(2,3)9-7-13;1-4(2)3;1-2;/h7-10,13,16-18,22,29H,3,5,11-12,14-15H2,1-2H3;6,12,14H,4-5,7-11H2,1-3H3;4H,1-3H3;1-2H3;1H. The predicted octanol–water partition coefficient (Wildman–Crippen LogP) is 11.3. The first kappa shape index (κ1) is 41.5. The third kappa shape index (κ3) is 10.3. The Morgan fingerprint density at radius 1 is 1.00 bits per heavy atom. The molecule has 5 aliphatic rings. The Morgan fingerprint density at radius 2 is 1.71 bits per heavy atom. The Kier molecular flexibility index (Phi) is 15.3. The summed E-state index contributed by atoms with van der Waals surface area (Å²) >= 11 is 0. The smallest absolute Gasteiger partial charge is 0.166 e. The molecule has 1 aromatic heterocycles. The van der Waals surface area contributed by atoms with Crippen molar-refractivity contribution in [1.29, 1.82) is 0 Å². The normalized spacial score (nSPS) is 23.8. The molecule has 2 heterocycles. The highest BCUT2D eigenvalue weighted by molar-refractivity contribution is 6.05. The lowest BCUT2D eigenvalue weighted by atomic mass is 9.66. The van der Waals surface area contributed by atoms with Crippen LogP contribution in [0, 0.1) is 35.3 Å². The second-order valence-electron chi connectivity index (χ2n) is 17.1. The van der Waals surface area contributed by atoms with Gasteiger partial charge >= 0.3 is 0 Å². The van der Waals surface area contributed by atoms with Crippen LogP contribution in [0.5, 0.6) is 0 Å². The molecular weight excluding hydrogens is 633 g/mol. The van der Waals surface area contributed by atoms with Crippen molar-refractivity contribution in [3.05, 3.63) is 93.2 Å². The summed E-state index contributed by atoms with van der Waals surface area (Å²) in [5, 5.41) is 5.47. The molecule has 2 fully saturated rings. The topological polar surface area (TPSA) is 42.0 Å². The van der Waals surface area contributed by atoms with Crippen LogP contribution < -0.4 is 15.9 Å². The molecule has 1 atom stereocenters. The van der Waals surface area contributed by atoms with Crippen LogP contribution in [0.1, 0.15) is 164 Å². The molecule has 2 aromatic rings. The number of benzene rings is 1. The molecule has 4 aliphatic carbocycles. The third-order valence-electron chi connectivity index (χ3n) is 11.7. The summed E-state index contributed by atoms with van der Waals surface area (Å²) in [5.41, 5.74) is 8.26. The lowest BCUT2D eigenvalue weighted by Crippen LogP contribution is -2.46. The SMILES string of the molecule is CC.CC(C)C.CCC1CC(C2=CCCC(C)(C)CC2)C1.CCCC1=c2c#ccnc2=CC(c2ccc3c(c2)C=CC(=O)C32CCNCC2)C=C1C.[HH]. The van der Waals surface area contributed by atoms with E-state index in [1.54, 1.807) is 12.3 Å². The Bertz CT molecular complexity index is 1690. The van der Waals surface area contributed by atoms with E-state index in [9.17, 15) is 4.79 Å². The summed E-state index contributed by atoms with van der Waals surface area (Å²) in [6.07, 6.45) is 26.4. The molecule has 284 valence electrons. The first-order chi connectivity index (χ1) is 25.0. The van der Waals surface area contributed by atoms with Gasteiger partial charge in [-0.3, -0.25) is 4.79 Å². The number of fused-ring (bicyclic) bond motifs is 3. The predicted molar refractivity (Wildman–Crippen MR) is 226 cm³/mol. The van der Waals surface area contributed by atoms with Gasteiger partial charge in [-0.15, -0.1) is 0 Å². The molecule has 1 saturated carbocycles. The van der Waals surface area contributed by atoms with E-state index in [1.807, 2.05) is 25.5 Å². The molecular formula is C49H72N2O. The molecule has 0 bridgehead atoms. The minimum atomic E-state index is -0.353. The molecule has 1 spiro atoms. The van der Waals surface area contributed by atoms with Gasteiger partial charge in [0, 0.05) is 7.34 Å². The van der Waals surface area contributed by atoms with Crippen molar-refractivity contribution < 1.29 is 6.22 Å². The highest BCUT2D eigenvalue weighted by atomic mass is 16.1. The molecule has 1 unspecified atom stereocenters. The fraction of sp³-hybridized carbons (Fsp3) is 0.592. The lowest BCUT2D eigenvalue weighted by molar-refractivity contribution is -0.120. The van der Waals surface area contributed by atoms with Crippen molar-refractivity contribution in [3.8, 4) is 0 Å². The van der Waals surface area contributed by atoms with Crippen LogP contribution in [-0.4, -0.2) is 23.9 Å². The third-order valence-corrected chi connectivity index (χ3v) is 11.7. The van der Waals surface area contributed by atoms with Gasteiger partial charge in [0.05, 0.1) is 22.2 Å². The van der Waals surface area contributed by atoms with E-state index < -0.39 is 0 Å². The maximum absolute atomic E-state index is 12.9. The zero-order valence-electron chi connectivity index (χ0n) is 34.6. The van der Waals surface area contributed by atoms with Gasteiger partial charge in [0.25, 0.3) is 0 Å². The van der Waals surface area contributed by atoms with Crippen LogP contribution in [0.4, 0.5) is 0 Å². The molecule has 3 heteroatoms. The Balaban J connectivity index is 0.000000288. The fourth-order valence-corrected chi connectivity index (χ4v) is 8.53. The van der Waals surface area contributed by atoms with Gasteiger partial charge in [0.1, 0.15) is 0 Å². The fourth-order valence-electron chi connectivity index (χ4n) is 8.53. The van der Waals surface area contributed by atoms with Crippen LogP contribution >= 0.6 is 0 Å². The Hall–Kier alpha value is -3.22. The maximum atomic E-state index is 12.9. The quantitative estimate of drug-likeness (QED) is 0.315. The Labute approximate surface area is 319 Å². The number of carbonyl (C=O) groups is 1. The second kappa shape index (κ2) is 19.2. The molecule has 52 heavy (non-hydrogen) atoms. The highest BCUT2D eigenvalue weighted by Gasteiger charge is 2.42. The van der Waals surface area contributed by atoms with E-state index in [4.69, 9.17) is 0 Å². The number of hydrogen-bond donors (Lipinski definition) is 1. The van der Waals surface area contributed by atoms with Crippen molar-refractivity contribution >= 4 is 23.5 Å². The van der Waals surface area contributed by atoms with Gasteiger partial charge in [-0.1, -0.05) is 123 Å². The van der Waals surface area contributed by atoms with Crippen molar-refractivity contribution in [2.24, 2.45) is 23.2 Å². The lowest BCUT2D eigenvalue weighted by Gasteiger charge is -2.39. The first-order valence-electron chi connectivity index (χ1n) is 20.9. The summed E-state index contributed by atoms with van der Waals surface area (Å²) in [5.74, 6) is 3.25. The van der Waals surface area contributed by atoms with Crippen molar-refractivity contribution in [2.45, 2.75) is 151 Å². The summed E-state index contributed by atoms with van der Waals surface area (Å²) in [6.45, 7) is 23.9. The molecule has 1 aliphatic heterocycles. The number of rotatable bonds is 5. The largest absolute Gasteiger partial charge is 0.317 e. The van der Waals surface area contributed by atoms with Crippen molar-refractivity contribution in [3.63, 3.8) is 0 Å². The van der Waals surface area contributed by atoms with Crippen LogP contribution in [0.3, 0.4) is 0 Å². The molecule has 0 amide bonds. The van der Waals surface area contributed by atoms with Gasteiger partial charge in [-0.25, -0.2) is 4.98 Å². The van der Waals surface area contributed by atoms with Crippen LogP contribution in [0.2, 0.25) is 0 Å². The van der Waals surface area contributed by atoms with Crippen LogP contribution in [-0.2, 0) is 10.2 Å². The Morgan fingerprint density at radius 3 is 2.38 bits per heavy atom. The van der Waals surface area contributed by atoms with E-state index in [1.165, 1.54) is 72.8 Å². The minimum Gasteiger partial charge on any atom is -0.317 e. The van der Waals surface area contributed by atoms with Crippen LogP contribution in [0.15, 0.2) is 53.8 Å². The van der Waals surface area contributed by atoms with Gasteiger partial charge in [-0.2, -0.15) is 0 Å². The molecule has 7 rings (SSSR count). The van der Waals surface area contributed by atoms with Crippen molar-refractivity contribution in [1.82, 2.24) is 10.3 Å². The van der Waals surface area contributed by atoms with E-state index >= 15 is 0 Å². The average Bonchev–Trinajstić information content (AvgIpc) is 3.38. The summed E-state index contributed by atoms with van der Waals surface area (Å²) in [6, 6.07) is 13.0. The number of nitrogens with zero attached hydrogens (tertiary/aromatic N) is 1. The molecule has 3 nitrogen and oxygen atoms in total. The molecule has 1 aromatic carbocycles. The van der Waals surface area contributed by atoms with Gasteiger partial charge < -0.3 is 5.32 Å². The number of allylic oxidation sites excluding steroid dienone is 5. The van der Waals surface area contributed by atoms with Gasteiger partial charge in [-0.05, 0) is 147 Å². The molecule has 1 saturated heterocycles. The highest BCUT2D eigenvalue weighted by Crippen LogP contribution is 2.45. The number of carbonyl (C=O) groups excluding carboxylic acids is 1. The number of ketones is 1. The number of hydrogen-bond acceptors (Lipinski definition) is 3. The maximum Gasteiger partial charge on any atom is 0.166 e. The summed E-state index contributed by atoms with van der Waals surface area (Å²) in [4.78, 5) is 17.5. The van der Waals surface area contributed by atoms with E-state index in [-0.39, 0.29) is 18.5 Å². The number of nitrogens with one attached hydrogen (secondary N) is 1. The first-order valence-corrected chi connectivity index (χ1v) is 20.9. The van der Waals surface area contributed by atoms with E-state index in [0.29, 0.717) is 5.41 Å². The number of piperidine rings is 1. The monoisotopic (exact) mass is 705 g/mol.